The number of likely N-dealkylation sites (N-methyl/N-ethyl adjacent to an activating group) is 1. The van der Waals surface area contributed by atoms with Crippen molar-refractivity contribution in [2.75, 3.05) is 13.7 Å². The molecule has 16 heavy (non-hydrogen) atoms. The van der Waals surface area contributed by atoms with Crippen LogP contribution in [0, 0.1) is 0 Å². The van der Waals surface area contributed by atoms with Crippen LogP contribution in [-0.2, 0) is 4.74 Å². The first-order valence-electron chi connectivity index (χ1n) is 5.75. The Balaban J connectivity index is 2.81. The number of hydrogen-bond acceptors (Lipinski definition) is 3. The molecule has 0 aliphatic carbocycles. The van der Waals surface area contributed by atoms with Gasteiger partial charge in [-0.1, -0.05) is 13.3 Å². The van der Waals surface area contributed by atoms with Gasteiger partial charge in [-0.05, 0) is 47.3 Å². The molecule has 0 aromatic carbocycles. The zero-order chi connectivity index (χ0) is 12.0. The highest BCUT2D eigenvalue weighted by atomic mass is 79.9. The van der Waals surface area contributed by atoms with Gasteiger partial charge in [0.05, 0.1) is 12.1 Å². The van der Waals surface area contributed by atoms with Crippen LogP contribution in [-0.4, -0.2) is 19.8 Å². The summed E-state index contributed by atoms with van der Waals surface area (Å²) >= 11 is 5.31. The molecule has 0 amide bonds. The van der Waals surface area contributed by atoms with Crippen LogP contribution in [0.15, 0.2) is 15.2 Å². The standard InChI is InChI=1S/C12H20BrNOS/c1-4-6-11(15-5-2)12(14-3)9-7-16-8-10(9)13/h7-8,11-12,14H,4-6H2,1-3H3. The average Bonchev–Trinajstić information content (AvgIpc) is 2.67. The Morgan fingerprint density at radius 1 is 1.44 bits per heavy atom. The summed E-state index contributed by atoms with van der Waals surface area (Å²) < 4.78 is 7.01. The van der Waals surface area contributed by atoms with Crippen LogP contribution < -0.4 is 5.32 Å². The zero-order valence-corrected chi connectivity index (χ0v) is 12.5. The summed E-state index contributed by atoms with van der Waals surface area (Å²) in [6, 6.07) is 0.278. The fraction of sp³-hybridized carbons (Fsp3) is 0.667. The molecule has 92 valence electrons. The van der Waals surface area contributed by atoms with Crippen LogP contribution in [0.2, 0.25) is 0 Å². The topological polar surface area (TPSA) is 21.3 Å². The van der Waals surface area contributed by atoms with Gasteiger partial charge in [-0.25, -0.2) is 0 Å². The Labute approximate surface area is 111 Å². The van der Waals surface area contributed by atoms with E-state index in [9.17, 15) is 0 Å². The molecule has 1 aromatic heterocycles. The smallest absolute Gasteiger partial charge is 0.0770 e. The first-order valence-corrected chi connectivity index (χ1v) is 7.48. The highest BCUT2D eigenvalue weighted by Crippen LogP contribution is 2.31. The van der Waals surface area contributed by atoms with Crippen molar-refractivity contribution in [3.63, 3.8) is 0 Å². The highest BCUT2D eigenvalue weighted by Gasteiger charge is 2.23. The van der Waals surface area contributed by atoms with E-state index >= 15 is 0 Å². The minimum absolute atomic E-state index is 0.255. The zero-order valence-electron chi connectivity index (χ0n) is 10.1. The summed E-state index contributed by atoms with van der Waals surface area (Å²) in [4.78, 5) is 0. The van der Waals surface area contributed by atoms with Crippen molar-refractivity contribution in [1.29, 1.82) is 0 Å². The number of rotatable bonds is 7. The molecule has 1 N–H and O–H groups in total. The van der Waals surface area contributed by atoms with Crippen LogP contribution in [0.25, 0.3) is 0 Å². The SMILES string of the molecule is CCCC(OCC)C(NC)c1cscc1Br. The number of halogens is 1. The van der Waals surface area contributed by atoms with Crippen LogP contribution in [0.3, 0.4) is 0 Å². The van der Waals surface area contributed by atoms with Gasteiger partial charge in [-0.3, -0.25) is 0 Å². The maximum atomic E-state index is 5.84. The van der Waals surface area contributed by atoms with Crippen LogP contribution >= 0.6 is 27.3 Å². The predicted molar refractivity (Wildman–Crippen MR) is 74.1 cm³/mol. The van der Waals surface area contributed by atoms with E-state index in [1.54, 1.807) is 11.3 Å². The third kappa shape index (κ3) is 3.55. The minimum atomic E-state index is 0.255. The van der Waals surface area contributed by atoms with Crippen LogP contribution in [0.5, 0.6) is 0 Å². The summed E-state index contributed by atoms with van der Waals surface area (Å²) in [6.45, 7) is 5.02. The van der Waals surface area contributed by atoms with Crippen molar-refractivity contribution in [2.45, 2.75) is 38.8 Å². The normalized spacial score (nSPS) is 15.0. The van der Waals surface area contributed by atoms with Gasteiger partial charge in [0, 0.05) is 16.5 Å². The van der Waals surface area contributed by atoms with Gasteiger partial charge in [0.1, 0.15) is 0 Å². The first-order chi connectivity index (χ1) is 7.74. The lowest BCUT2D eigenvalue weighted by Crippen LogP contribution is -2.31. The van der Waals surface area contributed by atoms with E-state index in [0.717, 1.165) is 19.4 Å². The number of hydrogen-bond donors (Lipinski definition) is 1. The van der Waals surface area contributed by atoms with Crippen LogP contribution in [0.4, 0.5) is 0 Å². The molecule has 4 heteroatoms. The Hall–Kier alpha value is 0.100. The summed E-state index contributed by atoms with van der Waals surface area (Å²) in [6.07, 6.45) is 2.48. The van der Waals surface area contributed by atoms with E-state index in [1.807, 2.05) is 7.05 Å². The molecule has 1 heterocycles. The van der Waals surface area contributed by atoms with Gasteiger partial charge in [0.25, 0.3) is 0 Å². The van der Waals surface area contributed by atoms with Gasteiger partial charge >= 0.3 is 0 Å². The Bertz CT molecular complexity index is 297. The lowest BCUT2D eigenvalue weighted by atomic mass is 10.0. The molecule has 0 spiro atoms. The molecule has 1 aromatic rings. The van der Waals surface area contributed by atoms with E-state index < -0.39 is 0 Å². The van der Waals surface area contributed by atoms with Gasteiger partial charge in [0.2, 0.25) is 0 Å². The van der Waals surface area contributed by atoms with E-state index in [2.05, 4.69) is 45.9 Å². The van der Waals surface area contributed by atoms with Crippen molar-refractivity contribution in [3.8, 4) is 0 Å². The highest BCUT2D eigenvalue weighted by molar-refractivity contribution is 9.10. The van der Waals surface area contributed by atoms with Gasteiger partial charge < -0.3 is 10.1 Å². The molecule has 2 unspecified atom stereocenters. The maximum Gasteiger partial charge on any atom is 0.0770 e. The fourth-order valence-electron chi connectivity index (χ4n) is 1.90. The van der Waals surface area contributed by atoms with Gasteiger partial charge in [0.15, 0.2) is 0 Å². The van der Waals surface area contributed by atoms with E-state index in [4.69, 9.17) is 4.74 Å². The molecule has 1 rings (SSSR count). The molecule has 0 saturated heterocycles. The second-order valence-electron chi connectivity index (χ2n) is 3.72. The summed E-state index contributed by atoms with van der Waals surface area (Å²) in [5.41, 5.74) is 1.31. The summed E-state index contributed by atoms with van der Waals surface area (Å²) in [5, 5.41) is 7.67. The Kier molecular flexibility index (Phi) is 6.58. The second-order valence-corrected chi connectivity index (χ2v) is 5.32. The third-order valence-corrected chi connectivity index (χ3v) is 4.37. The summed E-state index contributed by atoms with van der Waals surface area (Å²) in [7, 11) is 2.00. The third-order valence-electron chi connectivity index (χ3n) is 2.61. The molecule has 0 radical (unpaired) electrons. The first kappa shape index (κ1) is 14.2. The molecule has 0 aliphatic heterocycles. The van der Waals surface area contributed by atoms with Crippen molar-refractivity contribution >= 4 is 27.3 Å². The van der Waals surface area contributed by atoms with E-state index in [1.165, 1.54) is 10.0 Å². The molecule has 0 fully saturated rings. The fourth-order valence-corrected chi connectivity index (χ4v) is 3.48. The monoisotopic (exact) mass is 305 g/mol. The Morgan fingerprint density at radius 3 is 2.62 bits per heavy atom. The lowest BCUT2D eigenvalue weighted by Gasteiger charge is -2.26. The maximum absolute atomic E-state index is 5.84. The molecule has 0 bridgehead atoms. The van der Waals surface area contributed by atoms with Gasteiger partial charge in [-0.2, -0.15) is 11.3 Å². The molecule has 2 atom stereocenters. The second kappa shape index (κ2) is 7.43. The van der Waals surface area contributed by atoms with Crippen molar-refractivity contribution in [2.24, 2.45) is 0 Å². The predicted octanol–water partition coefficient (Wildman–Crippen LogP) is 3.98. The molecular formula is C12H20BrNOS. The molecule has 0 saturated carbocycles. The Morgan fingerprint density at radius 2 is 2.19 bits per heavy atom. The minimum Gasteiger partial charge on any atom is -0.377 e. The largest absolute Gasteiger partial charge is 0.377 e. The quantitative estimate of drug-likeness (QED) is 0.823. The van der Waals surface area contributed by atoms with Crippen LogP contribution in [0.1, 0.15) is 38.3 Å². The lowest BCUT2D eigenvalue weighted by molar-refractivity contribution is 0.0295. The molecule has 2 nitrogen and oxygen atoms in total. The number of thiophene rings is 1. The molecular weight excluding hydrogens is 286 g/mol. The van der Waals surface area contributed by atoms with E-state index in [0.29, 0.717) is 0 Å². The average molecular weight is 306 g/mol. The van der Waals surface area contributed by atoms with Gasteiger partial charge in [-0.15, -0.1) is 0 Å². The van der Waals surface area contributed by atoms with Crippen molar-refractivity contribution in [3.05, 3.63) is 20.8 Å². The number of nitrogens with one attached hydrogen (secondary N) is 1. The summed E-state index contributed by atoms with van der Waals surface area (Å²) in [5.74, 6) is 0. The number of ether oxygens (including phenoxy) is 1. The van der Waals surface area contributed by atoms with Crippen molar-refractivity contribution < 1.29 is 4.74 Å². The van der Waals surface area contributed by atoms with E-state index in [-0.39, 0.29) is 12.1 Å². The molecule has 0 aliphatic rings. The van der Waals surface area contributed by atoms with Crippen molar-refractivity contribution in [1.82, 2.24) is 5.32 Å².